The van der Waals surface area contributed by atoms with E-state index in [-0.39, 0.29) is 32.6 Å². The molecule has 75 heavy (non-hydrogen) atoms. The Hall–Kier alpha value is -4.37. The summed E-state index contributed by atoms with van der Waals surface area (Å²) in [5, 5.41) is 0. The average Bonchev–Trinajstić information content (AvgIpc) is 3.40. The Morgan fingerprint density at radius 3 is 1.08 bits per heavy atom. The lowest BCUT2D eigenvalue weighted by atomic mass is 10.0. The van der Waals surface area contributed by atoms with Gasteiger partial charge in [0.1, 0.15) is 6.61 Å². The Bertz CT molecular complexity index is 1780. The SMILES string of the molecule is CC/C=C\C/C=C\C/C=C\C/C=C\C/C=C\C/C=C\C/C=C\C/C=C\C/C=C\CCCCCCCCCCCCCCCC(=O)OC(COC(=O)CC/C=C\C/C=C\C/C=C\C/C=C\CC)COP(=O)(O)OCCN. The van der Waals surface area contributed by atoms with Gasteiger partial charge in [0.2, 0.25) is 0 Å². The van der Waals surface area contributed by atoms with E-state index in [0.717, 1.165) is 103 Å². The van der Waals surface area contributed by atoms with Gasteiger partial charge < -0.3 is 20.1 Å². The Morgan fingerprint density at radius 2 is 0.720 bits per heavy atom. The monoisotopic (exact) mass is 1060 g/mol. The Kier molecular flexibility index (Phi) is 55.5. The van der Waals surface area contributed by atoms with Gasteiger partial charge in [0.05, 0.1) is 13.2 Å². The summed E-state index contributed by atoms with van der Waals surface area (Å²) in [5.74, 6) is -0.935. The van der Waals surface area contributed by atoms with Gasteiger partial charge in [-0.3, -0.25) is 18.6 Å². The molecule has 3 N–H and O–H groups in total. The molecule has 0 aliphatic carbocycles. The summed E-state index contributed by atoms with van der Waals surface area (Å²) in [6.07, 6.45) is 86.2. The van der Waals surface area contributed by atoms with Crippen LogP contribution in [0.3, 0.4) is 0 Å². The number of rotatable bonds is 52. The molecule has 0 spiro atoms. The Morgan fingerprint density at radius 1 is 0.400 bits per heavy atom. The first-order chi connectivity index (χ1) is 36.8. The van der Waals surface area contributed by atoms with Crippen LogP contribution in [0.15, 0.2) is 158 Å². The third-order valence-electron chi connectivity index (χ3n) is 11.4. The van der Waals surface area contributed by atoms with Gasteiger partial charge in [0, 0.05) is 19.4 Å². The number of unbranched alkanes of at least 4 members (excludes halogenated alkanes) is 13. The summed E-state index contributed by atoms with van der Waals surface area (Å²) in [5.41, 5.74) is 5.36. The molecule has 0 saturated heterocycles. The second-order valence-corrected chi connectivity index (χ2v) is 19.8. The van der Waals surface area contributed by atoms with Crippen LogP contribution >= 0.6 is 7.82 Å². The molecule has 0 aromatic rings. The van der Waals surface area contributed by atoms with Crippen LogP contribution < -0.4 is 5.73 Å². The number of carbonyl (C=O) groups excluding carboxylic acids is 2. The van der Waals surface area contributed by atoms with Crippen LogP contribution in [0.2, 0.25) is 0 Å². The van der Waals surface area contributed by atoms with Gasteiger partial charge in [0.15, 0.2) is 6.10 Å². The average molecular weight is 1060 g/mol. The Balaban J connectivity index is 3.94. The molecule has 0 radical (unpaired) electrons. The second kappa shape index (κ2) is 58.9. The van der Waals surface area contributed by atoms with Crippen molar-refractivity contribution in [1.82, 2.24) is 0 Å². The van der Waals surface area contributed by atoms with Crippen molar-refractivity contribution in [3.05, 3.63) is 158 Å². The van der Waals surface area contributed by atoms with Crippen molar-refractivity contribution in [2.75, 3.05) is 26.4 Å². The molecule has 0 rings (SSSR count). The zero-order chi connectivity index (χ0) is 54.5. The van der Waals surface area contributed by atoms with Crippen LogP contribution in [0.1, 0.15) is 206 Å². The third-order valence-corrected chi connectivity index (χ3v) is 12.4. The fraction of sp³-hybridized carbons (Fsp3) is 0.569. The molecule has 0 heterocycles. The molecule has 0 saturated carbocycles. The minimum absolute atomic E-state index is 0.0373. The van der Waals surface area contributed by atoms with Gasteiger partial charge in [-0.1, -0.05) is 242 Å². The number of phosphoric ester groups is 1. The highest BCUT2D eigenvalue weighted by molar-refractivity contribution is 7.47. The predicted octanol–water partition coefficient (Wildman–Crippen LogP) is 18.5. The van der Waals surface area contributed by atoms with Gasteiger partial charge in [-0.2, -0.15) is 0 Å². The minimum Gasteiger partial charge on any atom is -0.462 e. The molecule has 2 atom stereocenters. The molecule has 0 fully saturated rings. The van der Waals surface area contributed by atoms with Crippen LogP contribution in [0, 0.1) is 0 Å². The largest absolute Gasteiger partial charge is 0.472 e. The second-order valence-electron chi connectivity index (χ2n) is 18.4. The van der Waals surface area contributed by atoms with E-state index in [2.05, 4.69) is 160 Å². The summed E-state index contributed by atoms with van der Waals surface area (Å²) in [7, 11) is -4.41. The van der Waals surface area contributed by atoms with E-state index in [9.17, 15) is 19.0 Å². The van der Waals surface area contributed by atoms with E-state index in [1.165, 1.54) is 64.2 Å². The molecular formula is C65H104NO8P. The van der Waals surface area contributed by atoms with Crippen molar-refractivity contribution in [2.45, 2.75) is 213 Å². The van der Waals surface area contributed by atoms with E-state index in [1.807, 2.05) is 12.2 Å². The summed E-state index contributed by atoms with van der Waals surface area (Å²) >= 11 is 0. The quantitative estimate of drug-likeness (QED) is 0.0264. The maximum Gasteiger partial charge on any atom is 0.472 e. The smallest absolute Gasteiger partial charge is 0.462 e. The summed E-state index contributed by atoms with van der Waals surface area (Å²) in [6, 6.07) is 0. The van der Waals surface area contributed by atoms with Crippen LogP contribution in [0.4, 0.5) is 0 Å². The van der Waals surface area contributed by atoms with E-state index in [0.29, 0.717) is 12.8 Å². The van der Waals surface area contributed by atoms with E-state index in [4.69, 9.17) is 24.3 Å². The summed E-state index contributed by atoms with van der Waals surface area (Å²) in [4.78, 5) is 35.0. The van der Waals surface area contributed by atoms with Gasteiger partial charge in [0.25, 0.3) is 0 Å². The highest BCUT2D eigenvalue weighted by atomic mass is 31.2. The third kappa shape index (κ3) is 58.7. The van der Waals surface area contributed by atoms with Crippen molar-refractivity contribution in [2.24, 2.45) is 5.73 Å². The molecule has 0 aliphatic heterocycles. The molecule has 0 aliphatic rings. The lowest BCUT2D eigenvalue weighted by molar-refractivity contribution is -0.161. The van der Waals surface area contributed by atoms with E-state index >= 15 is 0 Å². The predicted molar refractivity (Wildman–Crippen MR) is 320 cm³/mol. The number of ether oxygens (including phenoxy) is 2. The zero-order valence-corrected chi connectivity index (χ0v) is 47.9. The molecule has 422 valence electrons. The van der Waals surface area contributed by atoms with Crippen LogP contribution in [-0.4, -0.2) is 49.3 Å². The molecule has 0 bridgehead atoms. The number of nitrogens with two attached hydrogens (primary N) is 1. The maximum absolute atomic E-state index is 12.7. The molecule has 10 heteroatoms. The van der Waals surface area contributed by atoms with Gasteiger partial charge in [-0.05, 0) is 109 Å². The van der Waals surface area contributed by atoms with E-state index < -0.39 is 32.5 Å². The lowest BCUT2D eigenvalue weighted by Crippen LogP contribution is -2.29. The first-order valence-corrected chi connectivity index (χ1v) is 30.5. The van der Waals surface area contributed by atoms with Crippen LogP contribution in [0.5, 0.6) is 0 Å². The summed E-state index contributed by atoms with van der Waals surface area (Å²) < 4.78 is 32.8. The molecule has 9 nitrogen and oxygen atoms in total. The fourth-order valence-electron chi connectivity index (χ4n) is 7.23. The number of allylic oxidation sites excluding steroid dienone is 26. The van der Waals surface area contributed by atoms with Gasteiger partial charge in [-0.25, -0.2) is 4.57 Å². The van der Waals surface area contributed by atoms with Crippen LogP contribution in [0.25, 0.3) is 0 Å². The summed E-state index contributed by atoms with van der Waals surface area (Å²) in [6.45, 7) is 3.40. The number of hydrogen-bond acceptors (Lipinski definition) is 8. The zero-order valence-electron chi connectivity index (χ0n) is 47.0. The van der Waals surface area contributed by atoms with Crippen molar-refractivity contribution in [3.8, 4) is 0 Å². The minimum atomic E-state index is -4.41. The molecular weight excluding hydrogens is 954 g/mol. The molecule has 0 aromatic carbocycles. The van der Waals surface area contributed by atoms with Gasteiger partial charge in [-0.15, -0.1) is 0 Å². The normalized spacial score (nSPS) is 14.2. The molecule has 2 unspecified atom stereocenters. The number of phosphoric acid groups is 1. The number of esters is 2. The van der Waals surface area contributed by atoms with E-state index in [1.54, 1.807) is 0 Å². The van der Waals surface area contributed by atoms with Gasteiger partial charge >= 0.3 is 19.8 Å². The molecule has 0 aromatic heterocycles. The first kappa shape index (κ1) is 70.6. The fourth-order valence-corrected chi connectivity index (χ4v) is 7.99. The lowest BCUT2D eigenvalue weighted by Gasteiger charge is -2.19. The topological polar surface area (TPSA) is 134 Å². The van der Waals surface area contributed by atoms with Crippen molar-refractivity contribution in [1.29, 1.82) is 0 Å². The standard InChI is InChI=1S/C65H104NO8P/c1-3-5-7-9-11-13-15-17-18-19-20-21-22-23-24-25-26-27-28-29-30-31-32-33-34-35-36-37-38-39-40-41-42-43-44-46-48-50-52-54-56-58-65(68)74-63(62-73-75(69,70)72-60-59-66)61-71-64(67)57-55-53-51-49-47-45-16-14-12-10-8-6-4-2/h5-8,11-14,17-18,20-21,23-24,26-27,29-30,32-33,35-36,45,47,51,53,63H,3-4,9-10,15-16,19,22,25,28,31,34,37-44,46,48-50,52,54-62,66H2,1-2H3,(H,69,70)/b7-5-,8-6-,13-11-,14-12-,18-17-,21-20-,24-23-,27-26-,30-29-,33-32-,36-35-,47-45-,53-51-. The van der Waals surface area contributed by atoms with Crippen LogP contribution in [-0.2, 0) is 32.7 Å². The van der Waals surface area contributed by atoms with Crippen molar-refractivity contribution in [3.63, 3.8) is 0 Å². The number of carbonyl (C=O) groups is 2. The highest BCUT2D eigenvalue weighted by Gasteiger charge is 2.26. The highest BCUT2D eigenvalue weighted by Crippen LogP contribution is 2.43. The first-order valence-electron chi connectivity index (χ1n) is 29.0. The van der Waals surface area contributed by atoms with Crippen molar-refractivity contribution < 1.29 is 37.6 Å². The maximum atomic E-state index is 12.7. The Labute approximate surface area is 458 Å². The number of hydrogen-bond donors (Lipinski definition) is 2. The molecule has 0 amide bonds. The van der Waals surface area contributed by atoms with Crippen molar-refractivity contribution >= 4 is 19.8 Å².